The van der Waals surface area contributed by atoms with Gasteiger partial charge in [0.2, 0.25) is 0 Å². The molecular formula is C44H39N3. The van der Waals surface area contributed by atoms with Gasteiger partial charge in [0.15, 0.2) is 0 Å². The van der Waals surface area contributed by atoms with E-state index in [1.807, 2.05) is 60.9 Å². The lowest BCUT2D eigenvalue weighted by Gasteiger charge is -2.13. The van der Waals surface area contributed by atoms with Crippen molar-refractivity contribution in [2.75, 3.05) is 0 Å². The van der Waals surface area contributed by atoms with E-state index in [9.17, 15) is 0 Å². The lowest BCUT2D eigenvalue weighted by Crippen LogP contribution is -1.93. The third-order valence-corrected chi connectivity index (χ3v) is 8.27. The smallest absolute Gasteiger partial charge is 0.0886 e. The Morgan fingerprint density at radius 2 is 1.28 bits per heavy atom. The van der Waals surface area contributed by atoms with Crippen LogP contribution in [0.1, 0.15) is 49.6 Å². The topological polar surface area (TPSA) is 38.7 Å². The summed E-state index contributed by atoms with van der Waals surface area (Å²) in [6.07, 6.45) is 13.9. The molecule has 0 aliphatic heterocycles. The van der Waals surface area contributed by atoms with Gasteiger partial charge in [-0.15, -0.1) is 0 Å². The van der Waals surface area contributed by atoms with Crippen LogP contribution in [0.3, 0.4) is 0 Å². The Labute approximate surface area is 278 Å². The maximum absolute atomic E-state index is 4.73. The van der Waals surface area contributed by atoms with Gasteiger partial charge in [0.1, 0.15) is 0 Å². The monoisotopic (exact) mass is 609 g/mol. The molecule has 0 N–H and O–H groups in total. The summed E-state index contributed by atoms with van der Waals surface area (Å²) in [7, 11) is 0. The molecule has 0 atom stereocenters. The van der Waals surface area contributed by atoms with Gasteiger partial charge in [-0.3, -0.25) is 15.0 Å². The highest BCUT2D eigenvalue weighted by Crippen LogP contribution is 2.43. The van der Waals surface area contributed by atoms with E-state index < -0.39 is 0 Å². The van der Waals surface area contributed by atoms with Gasteiger partial charge in [-0.05, 0) is 111 Å². The Kier molecular flexibility index (Phi) is 9.74. The molecule has 0 saturated heterocycles. The van der Waals surface area contributed by atoms with Crippen molar-refractivity contribution >= 4 is 11.1 Å². The van der Waals surface area contributed by atoms with Gasteiger partial charge < -0.3 is 0 Å². The third-order valence-electron chi connectivity index (χ3n) is 8.27. The first-order valence-electron chi connectivity index (χ1n) is 16.3. The van der Waals surface area contributed by atoms with Crippen molar-refractivity contribution < 1.29 is 0 Å². The first-order chi connectivity index (χ1) is 23.1. The standard InChI is InChI=1S/C41H31N3.C3H8/c1-3-29(15-14-28(2)39-12-6-8-22-42-39)30-16-18-32-24-33-19-17-31(26-38(33)36-11-5-4-10-35(36)37(32)25-30)34-20-21-41(44-27-34)40-13-7-9-23-43-40;1-3-2/h3-23,25-27H,1,24H2,2H3;3H2,1-2H3/b28-14+,29-15+;. The number of rotatable bonds is 6. The summed E-state index contributed by atoms with van der Waals surface area (Å²) in [5.74, 6) is 0. The average Bonchev–Trinajstić information content (AvgIpc) is 3.27. The molecule has 0 bridgehead atoms. The van der Waals surface area contributed by atoms with E-state index in [0.717, 1.165) is 51.3 Å². The largest absolute Gasteiger partial charge is 0.257 e. The number of pyridine rings is 3. The molecule has 0 fully saturated rings. The van der Waals surface area contributed by atoms with Crippen LogP contribution in [0.25, 0.3) is 55.9 Å². The maximum atomic E-state index is 4.73. The van der Waals surface area contributed by atoms with Crippen LogP contribution in [0.15, 0.2) is 153 Å². The van der Waals surface area contributed by atoms with E-state index in [1.54, 1.807) is 6.20 Å². The number of fused-ring (bicyclic) bond motifs is 5. The van der Waals surface area contributed by atoms with Gasteiger partial charge in [0.05, 0.1) is 17.1 Å². The zero-order chi connectivity index (χ0) is 32.6. The van der Waals surface area contributed by atoms with Crippen LogP contribution in [0, 0.1) is 0 Å². The van der Waals surface area contributed by atoms with Crippen LogP contribution in [0.4, 0.5) is 0 Å². The molecule has 0 unspecified atom stereocenters. The zero-order valence-electron chi connectivity index (χ0n) is 27.3. The van der Waals surface area contributed by atoms with Crippen molar-refractivity contribution in [2.24, 2.45) is 0 Å². The Hall–Kier alpha value is -5.67. The van der Waals surface area contributed by atoms with Crippen molar-refractivity contribution in [1.82, 2.24) is 15.0 Å². The van der Waals surface area contributed by atoms with Crippen molar-refractivity contribution in [3.8, 4) is 44.8 Å². The zero-order valence-corrected chi connectivity index (χ0v) is 27.3. The van der Waals surface area contributed by atoms with Crippen LogP contribution in [0.2, 0.25) is 0 Å². The second-order valence-electron chi connectivity index (χ2n) is 11.7. The highest BCUT2D eigenvalue weighted by molar-refractivity contribution is 5.92. The lowest BCUT2D eigenvalue weighted by atomic mass is 9.91. The van der Waals surface area contributed by atoms with Gasteiger partial charge in [-0.2, -0.15) is 0 Å². The third kappa shape index (κ3) is 6.95. The van der Waals surface area contributed by atoms with Gasteiger partial charge in [0, 0.05) is 24.2 Å². The van der Waals surface area contributed by atoms with Crippen molar-refractivity contribution in [3.63, 3.8) is 0 Å². The first kappa shape index (κ1) is 31.3. The summed E-state index contributed by atoms with van der Waals surface area (Å²) in [5, 5.41) is 0. The molecule has 7 rings (SSSR count). The second-order valence-corrected chi connectivity index (χ2v) is 11.7. The number of hydrogen-bond acceptors (Lipinski definition) is 3. The van der Waals surface area contributed by atoms with E-state index in [2.05, 4.69) is 116 Å². The summed E-state index contributed by atoms with van der Waals surface area (Å²) in [6.45, 7) is 10.5. The van der Waals surface area contributed by atoms with Crippen LogP contribution in [-0.4, -0.2) is 15.0 Å². The Balaban J connectivity index is 0.00000124. The maximum Gasteiger partial charge on any atom is 0.0886 e. The predicted octanol–water partition coefficient (Wildman–Crippen LogP) is 11.5. The molecule has 3 heterocycles. The van der Waals surface area contributed by atoms with Crippen LogP contribution >= 0.6 is 0 Å². The average molecular weight is 610 g/mol. The minimum absolute atomic E-state index is 0.864. The number of nitrogens with zero attached hydrogens (tertiary/aromatic N) is 3. The van der Waals surface area contributed by atoms with Crippen molar-refractivity contribution in [2.45, 2.75) is 33.6 Å². The van der Waals surface area contributed by atoms with Crippen LogP contribution < -0.4 is 0 Å². The lowest BCUT2D eigenvalue weighted by molar-refractivity contribution is 1.09. The molecule has 0 amide bonds. The fourth-order valence-corrected chi connectivity index (χ4v) is 5.89. The molecule has 230 valence electrons. The second kappa shape index (κ2) is 14.6. The van der Waals surface area contributed by atoms with Gasteiger partial charge >= 0.3 is 0 Å². The SMILES string of the molecule is C=C/C(=C\C=C(/C)c1ccccn1)c1ccc2c(c1)-c1ccccc1-c1cc(-c3ccc(-c4ccccn4)nc3)ccc1C2.CCC. The van der Waals surface area contributed by atoms with Gasteiger partial charge in [-0.1, -0.05) is 112 Å². The molecule has 1 aliphatic rings. The normalized spacial score (nSPS) is 12.1. The Morgan fingerprint density at radius 3 is 1.91 bits per heavy atom. The van der Waals surface area contributed by atoms with Crippen LogP contribution in [0.5, 0.6) is 0 Å². The molecule has 0 radical (unpaired) electrons. The molecule has 3 heteroatoms. The quantitative estimate of drug-likeness (QED) is 0.176. The number of benzene rings is 3. The number of hydrogen-bond donors (Lipinski definition) is 0. The van der Waals surface area contributed by atoms with Gasteiger partial charge in [0.25, 0.3) is 0 Å². The van der Waals surface area contributed by atoms with E-state index in [-0.39, 0.29) is 0 Å². The first-order valence-corrected chi connectivity index (χ1v) is 16.3. The molecular weight excluding hydrogens is 571 g/mol. The van der Waals surface area contributed by atoms with E-state index >= 15 is 0 Å². The fraction of sp³-hybridized carbons (Fsp3) is 0.114. The summed E-state index contributed by atoms with van der Waals surface area (Å²) >= 11 is 0. The molecule has 3 nitrogen and oxygen atoms in total. The van der Waals surface area contributed by atoms with E-state index in [4.69, 9.17) is 4.98 Å². The highest BCUT2D eigenvalue weighted by atomic mass is 14.8. The molecule has 1 aliphatic carbocycles. The van der Waals surface area contributed by atoms with Crippen molar-refractivity contribution in [1.29, 1.82) is 0 Å². The number of allylic oxidation sites excluding steroid dienone is 5. The summed E-state index contributed by atoms with van der Waals surface area (Å²) in [6, 6.07) is 38.4. The molecule has 0 spiro atoms. The predicted molar refractivity (Wildman–Crippen MR) is 199 cm³/mol. The highest BCUT2D eigenvalue weighted by Gasteiger charge is 2.20. The summed E-state index contributed by atoms with van der Waals surface area (Å²) < 4.78 is 0. The molecule has 6 aromatic rings. The minimum Gasteiger partial charge on any atom is -0.257 e. The molecule has 0 saturated carbocycles. The minimum atomic E-state index is 0.864. The van der Waals surface area contributed by atoms with E-state index in [1.165, 1.54) is 39.8 Å². The molecule has 3 aromatic carbocycles. The van der Waals surface area contributed by atoms with Crippen molar-refractivity contribution in [3.05, 3.63) is 175 Å². The van der Waals surface area contributed by atoms with Crippen LogP contribution in [-0.2, 0) is 6.42 Å². The summed E-state index contributed by atoms with van der Waals surface area (Å²) in [4.78, 5) is 13.6. The molecule has 3 aromatic heterocycles. The Morgan fingerprint density at radius 1 is 0.638 bits per heavy atom. The number of aromatic nitrogens is 3. The van der Waals surface area contributed by atoms with Gasteiger partial charge in [-0.25, -0.2) is 0 Å². The molecule has 47 heavy (non-hydrogen) atoms. The fourth-order valence-electron chi connectivity index (χ4n) is 5.89. The summed E-state index contributed by atoms with van der Waals surface area (Å²) in [5.41, 5.74) is 15.9. The van der Waals surface area contributed by atoms with E-state index in [0.29, 0.717) is 0 Å². The Bertz CT molecular complexity index is 2050.